The Morgan fingerprint density at radius 3 is 2.70 bits per heavy atom. The molecular formula is C19H25N3O. The zero-order chi connectivity index (χ0) is 15.6. The van der Waals surface area contributed by atoms with Crippen molar-refractivity contribution in [1.29, 1.82) is 0 Å². The van der Waals surface area contributed by atoms with E-state index in [2.05, 4.69) is 27.1 Å². The van der Waals surface area contributed by atoms with Gasteiger partial charge in [0.15, 0.2) is 0 Å². The van der Waals surface area contributed by atoms with Crippen LogP contribution >= 0.6 is 0 Å². The van der Waals surface area contributed by atoms with Gasteiger partial charge in [0.1, 0.15) is 0 Å². The Hall–Kier alpha value is -1.84. The lowest BCUT2D eigenvalue weighted by atomic mass is 9.86. The van der Waals surface area contributed by atoms with E-state index >= 15 is 0 Å². The normalized spacial score (nSPS) is 21.0. The summed E-state index contributed by atoms with van der Waals surface area (Å²) in [6.45, 7) is 1.80. The fourth-order valence-corrected chi connectivity index (χ4v) is 4.31. The number of aromatic nitrogens is 2. The van der Waals surface area contributed by atoms with Gasteiger partial charge in [-0.1, -0.05) is 19.3 Å². The number of piperidine rings is 1. The van der Waals surface area contributed by atoms with Gasteiger partial charge in [0, 0.05) is 31.4 Å². The van der Waals surface area contributed by atoms with Crippen molar-refractivity contribution in [3.63, 3.8) is 0 Å². The third-order valence-electron chi connectivity index (χ3n) is 5.67. The van der Waals surface area contributed by atoms with Crippen molar-refractivity contribution in [1.82, 2.24) is 14.9 Å². The smallest absolute Gasteiger partial charge is 0.225 e. The van der Waals surface area contributed by atoms with E-state index in [1.807, 2.05) is 12.3 Å². The van der Waals surface area contributed by atoms with Crippen LogP contribution in [0.5, 0.6) is 0 Å². The van der Waals surface area contributed by atoms with Crippen molar-refractivity contribution < 1.29 is 4.79 Å². The lowest BCUT2D eigenvalue weighted by molar-refractivity contribution is -0.137. The van der Waals surface area contributed by atoms with Crippen LogP contribution in [0, 0.1) is 5.92 Å². The number of carbonyl (C=O) groups is 1. The number of amides is 1. The fraction of sp³-hybridized carbons (Fsp3) is 0.579. The minimum Gasteiger partial charge on any atom is -0.360 e. The summed E-state index contributed by atoms with van der Waals surface area (Å²) in [6, 6.07) is 4.04. The number of hydrogen-bond acceptors (Lipinski definition) is 2. The zero-order valence-electron chi connectivity index (χ0n) is 13.6. The minimum atomic E-state index is 0.301. The fourth-order valence-electron chi connectivity index (χ4n) is 4.31. The molecule has 0 atom stereocenters. The number of nitrogens with one attached hydrogen (secondary N) is 1. The lowest BCUT2D eigenvalue weighted by Gasteiger charge is -2.35. The van der Waals surface area contributed by atoms with E-state index in [0.717, 1.165) is 49.8 Å². The highest BCUT2D eigenvalue weighted by molar-refractivity contribution is 5.80. The van der Waals surface area contributed by atoms with Gasteiger partial charge in [-0.25, -0.2) is 0 Å². The summed E-state index contributed by atoms with van der Waals surface area (Å²) in [7, 11) is 0. The zero-order valence-corrected chi connectivity index (χ0v) is 13.6. The van der Waals surface area contributed by atoms with Crippen LogP contribution < -0.4 is 0 Å². The molecule has 2 fully saturated rings. The second-order valence-corrected chi connectivity index (χ2v) is 7.08. The average Bonchev–Trinajstić information content (AvgIpc) is 3.06. The predicted molar refractivity (Wildman–Crippen MR) is 91.2 cm³/mol. The molecule has 4 heteroatoms. The Labute approximate surface area is 137 Å². The molecule has 4 rings (SSSR count). The first-order valence-corrected chi connectivity index (χ1v) is 9.04. The van der Waals surface area contributed by atoms with Gasteiger partial charge in [-0.3, -0.25) is 9.78 Å². The van der Waals surface area contributed by atoms with Crippen molar-refractivity contribution in [2.75, 3.05) is 13.1 Å². The lowest BCUT2D eigenvalue weighted by Crippen LogP contribution is -2.41. The Morgan fingerprint density at radius 1 is 1.13 bits per heavy atom. The Morgan fingerprint density at radius 2 is 1.91 bits per heavy atom. The van der Waals surface area contributed by atoms with Gasteiger partial charge in [0.25, 0.3) is 0 Å². The van der Waals surface area contributed by atoms with Gasteiger partial charge >= 0.3 is 0 Å². The van der Waals surface area contributed by atoms with E-state index in [9.17, 15) is 4.79 Å². The molecule has 1 N–H and O–H groups in total. The molecule has 0 radical (unpaired) electrons. The molecule has 4 nitrogen and oxygen atoms in total. The molecule has 23 heavy (non-hydrogen) atoms. The molecule has 0 unspecified atom stereocenters. The summed E-state index contributed by atoms with van der Waals surface area (Å²) in [4.78, 5) is 22.6. The maximum atomic E-state index is 12.7. The Kier molecular flexibility index (Phi) is 4.06. The highest BCUT2D eigenvalue weighted by Crippen LogP contribution is 2.33. The average molecular weight is 311 g/mol. The van der Waals surface area contributed by atoms with Crippen molar-refractivity contribution in [2.24, 2.45) is 5.92 Å². The number of carbonyl (C=O) groups excluding carboxylic acids is 1. The number of likely N-dealkylation sites (tertiary alicyclic amines) is 1. The molecule has 2 aromatic rings. The van der Waals surface area contributed by atoms with Crippen molar-refractivity contribution in [3.8, 4) is 0 Å². The first-order chi connectivity index (χ1) is 11.3. The number of pyridine rings is 1. The molecule has 0 bridgehead atoms. The SMILES string of the molecule is O=C(C1CCCCC1)N1CCC(c2c[nH]c3cccnc23)CC1. The van der Waals surface area contributed by atoms with Crippen LogP contribution in [-0.2, 0) is 4.79 Å². The molecule has 122 valence electrons. The monoisotopic (exact) mass is 311 g/mol. The largest absolute Gasteiger partial charge is 0.360 e. The molecule has 3 heterocycles. The quantitative estimate of drug-likeness (QED) is 0.916. The molecule has 0 spiro atoms. The van der Waals surface area contributed by atoms with Gasteiger partial charge in [-0.15, -0.1) is 0 Å². The number of hydrogen-bond donors (Lipinski definition) is 1. The number of H-pyrrole nitrogens is 1. The molecule has 2 aromatic heterocycles. The van der Waals surface area contributed by atoms with Crippen LogP contribution in [0.25, 0.3) is 11.0 Å². The summed E-state index contributed by atoms with van der Waals surface area (Å²) < 4.78 is 0. The number of rotatable bonds is 2. The maximum absolute atomic E-state index is 12.7. The van der Waals surface area contributed by atoms with Gasteiger partial charge in [0.05, 0.1) is 11.0 Å². The van der Waals surface area contributed by atoms with Gasteiger partial charge in [-0.2, -0.15) is 0 Å². The van der Waals surface area contributed by atoms with E-state index in [0.29, 0.717) is 17.7 Å². The van der Waals surface area contributed by atoms with Crippen LogP contribution in [0.15, 0.2) is 24.5 Å². The topological polar surface area (TPSA) is 49.0 Å². The third-order valence-corrected chi connectivity index (χ3v) is 5.67. The van der Waals surface area contributed by atoms with Crippen molar-refractivity contribution in [2.45, 2.75) is 50.9 Å². The van der Waals surface area contributed by atoms with E-state index in [1.54, 1.807) is 0 Å². The minimum absolute atomic E-state index is 0.301. The summed E-state index contributed by atoms with van der Waals surface area (Å²) in [6.07, 6.45) is 12.1. The van der Waals surface area contributed by atoms with Crippen molar-refractivity contribution >= 4 is 16.9 Å². The standard InChI is InChI=1S/C19H25N3O/c23-19(15-5-2-1-3-6-15)22-11-8-14(9-12-22)16-13-21-17-7-4-10-20-18(16)17/h4,7,10,13-15,21H,1-3,5-6,8-9,11-12H2. The van der Waals surface area contributed by atoms with Gasteiger partial charge < -0.3 is 9.88 Å². The molecule has 1 saturated carbocycles. The third kappa shape index (κ3) is 2.87. The van der Waals surface area contributed by atoms with Gasteiger partial charge in [-0.05, 0) is 49.3 Å². The highest BCUT2D eigenvalue weighted by Gasteiger charge is 2.30. The molecular weight excluding hydrogens is 286 g/mol. The number of fused-ring (bicyclic) bond motifs is 1. The van der Waals surface area contributed by atoms with Gasteiger partial charge in [0.2, 0.25) is 5.91 Å². The van der Waals surface area contributed by atoms with Crippen LogP contribution in [-0.4, -0.2) is 33.9 Å². The second kappa shape index (κ2) is 6.34. The molecule has 2 aliphatic rings. The predicted octanol–water partition coefficient (Wildman–Crippen LogP) is 3.85. The summed E-state index contributed by atoms with van der Waals surface area (Å²) >= 11 is 0. The van der Waals surface area contributed by atoms with E-state index in [-0.39, 0.29) is 0 Å². The van der Waals surface area contributed by atoms with Crippen LogP contribution in [0.3, 0.4) is 0 Å². The highest BCUT2D eigenvalue weighted by atomic mass is 16.2. The van der Waals surface area contributed by atoms with E-state index < -0.39 is 0 Å². The number of nitrogens with zero attached hydrogens (tertiary/aromatic N) is 2. The van der Waals surface area contributed by atoms with E-state index in [4.69, 9.17) is 0 Å². The first-order valence-electron chi connectivity index (χ1n) is 9.04. The van der Waals surface area contributed by atoms with Crippen LogP contribution in [0.4, 0.5) is 0 Å². The van der Waals surface area contributed by atoms with Crippen LogP contribution in [0.2, 0.25) is 0 Å². The molecule has 0 aromatic carbocycles. The molecule has 1 aliphatic carbocycles. The summed E-state index contributed by atoms with van der Waals surface area (Å²) in [5.41, 5.74) is 3.54. The molecule has 1 saturated heterocycles. The van der Waals surface area contributed by atoms with E-state index in [1.165, 1.54) is 24.8 Å². The Bertz CT molecular complexity index is 679. The molecule has 1 amide bonds. The number of aromatic amines is 1. The maximum Gasteiger partial charge on any atom is 0.225 e. The summed E-state index contributed by atoms with van der Waals surface area (Å²) in [5, 5.41) is 0. The van der Waals surface area contributed by atoms with Crippen LogP contribution in [0.1, 0.15) is 56.4 Å². The molecule has 1 aliphatic heterocycles. The van der Waals surface area contributed by atoms with Crippen molar-refractivity contribution in [3.05, 3.63) is 30.1 Å². The summed E-state index contributed by atoms with van der Waals surface area (Å²) in [5.74, 6) is 1.24. The first kappa shape index (κ1) is 14.7. The second-order valence-electron chi connectivity index (χ2n) is 7.08. The Balaban J connectivity index is 1.41.